The molecule has 0 bridgehead atoms. The fraction of sp³-hybridized carbons (Fsp3) is 0.150. The van der Waals surface area contributed by atoms with Crippen LogP contribution >= 0.6 is 56.9 Å². The number of hydrogen-bond acceptors (Lipinski definition) is 5. The van der Waals surface area contributed by atoms with Gasteiger partial charge in [0.2, 0.25) is 5.16 Å². The summed E-state index contributed by atoms with van der Waals surface area (Å²) in [5.41, 5.74) is 1.74. The Hall–Kier alpha value is -1.60. The van der Waals surface area contributed by atoms with Gasteiger partial charge in [-0.15, -0.1) is 5.10 Å². The first kappa shape index (κ1) is 22.1. The number of rotatable bonds is 8. The predicted octanol–water partition coefficient (Wildman–Crippen LogP) is 5.37. The van der Waals surface area contributed by atoms with E-state index in [0.29, 0.717) is 35.3 Å². The van der Waals surface area contributed by atoms with Gasteiger partial charge in [-0.25, -0.2) is 9.78 Å². The molecule has 0 fully saturated rings. The second-order valence-electron chi connectivity index (χ2n) is 5.91. The van der Waals surface area contributed by atoms with Gasteiger partial charge in [0.15, 0.2) is 0 Å². The van der Waals surface area contributed by atoms with Crippen molar-refractivity contribution >= 4 is 69.0 Å². The highest BCUT2D eigenvalue weighted by molar-refractivity contribution is 14.1. The van der Waals surface area contributed by atoms with E-state index in [-0.39, 0.29) is 4.91 Å². The highest BCUT2D eigenvalue weighted by Crippen LogP contribution is 2.34. The minimum atomic E-state index is -1.04. The van der Waals surface area contributed by atoms with E-state index in [9.17, 15) is 9.90 Å². The topological polar surface area (TPSA) is 88.1 Å². The zero-order chi connectivity index (χ0) is 20.8. The number of carboxylic acids is 1. The number of carboxylic acid groups (broad SMARTS) is 1. The lowest BCUT2D eigenvalue weighted by atomic mass is 10.2. The number of aryl methyl sites for hydroxylation is 1. The van der Waals surface area contributed by atoms with Crippen molar-refractivity contribution in [3.05, 3.63) is 71.5 Å². The van der Waals surface area contributed by atoms with E-state index < -0.39 is 5.97 Å². The molecule has 3 aromatic rings. The van der Waals surface area contributed by atoms with Gasteiger partial charge < -0.3 is 9.84 Å². The Morgan fingerprint density at radius 3 is 2.69 bits per heavy atom. The fourth-order valence-electron chi connectivity index (χ4n) is 2.43. The third-order valence-electron chi connectivity index (χ3n) is 3.81. The molecule has 0 unspecified atom stereocenters. The number of carbonyl (C=O) groups is 1. The van der Waals surface area contributed by atoms with Crippen LogP contribution in [0.15, 0.2) is 52.5 Å². The quantitative estimate of drug-likeness (QED) is 0.197. The zero-order valence-electron chi connectivity index (χ0n) is 15.4. The zero-order valence-corrected chi connectivity index (χ0v) is 20.5. The summed E-state index contributed by atoms with van der Waals surface area (Å²) in [6, 6.07) is 13.7. The summed E-state index contributed by atoms with van der Waals surface area (Å²) in [5, 5.41) is 17.0. The molecule has 0 aliphatic heterocycles. The molecule has 0 saturated carbocycles. The van der Waals surface area contributed by atoms with Crippen LogP contribution in [0.25, 0.3) is 6.08 Å². The summed E-state index contributed by atoms with van der Waals surface area (Å²) >= 11 is 5.43. The normalized spacial score (nSPS) is 11.5. The first-order valence-corrected chi connectivity index (χ1v) is 11.6. The van der Waals surface area contributed by atoms with Crippen LogP contribution in [0.5, 0.6) is 5.75 Å². The molecule has 3 rings (SSSR count). The average molecular weight is 633 g/mol. The maximum absolute atomic E-state index is 11.8. The second kappa shape index (κ2) is 10.4. The SMILES string of the molecule is CCc1nc(S/C(=C\c2cc(I)cc(I)c2OCc2ccccc2)C(=O)O)n[nH]1. The first-order chi connectivity index (χ1) is 14.0. The van der Waals surface area contributed by atoms with Gasteiger partial charge in [-0.3, -0.25) is 5.10 Å². The molecule has 0 aliphatic carbocycles. The third-order valence-corrected chi connectivity index (χ3v) is 6.11. The summed E-state index contributed by atoms with van der Waals surface area (Å²) in [5.74, 6) is 0.326. The van der Waals surface area contributed by atoms with Crippen LogP contribution in [0.1, 0.15) is 23.9 Å². The number of hydrogen-bond donors (Lipinski definition) is 2. The van der Waals surface area contributed by atoms with Gasteiger partial charge in [0.25, 0.3) is 0 Å². The van der Waals surface area contributed by atoms with Gasteiger partial charge >= 0.3 is 5.97 Å². The van der Waals surface area contributed by atoms with Crippen molar-refractivity contribution in [3.63, 3.8) is 0 Å². The Bertz CT molecular complexity index is 1040. The summed E-state index contributed by atoms with van der Waals surface area (Å²) in [6.07, 6.45) is 2.31. The van der Waals surface area contributed by atoms with Crippen molar-refractivity contribution in [2.45, 2.75) is 25.1 Å². The van der Waals surface area contributed by atoms with Gasteiger partial charge in [0.1, 0.15) is 23.1 Å². The molecule has 1 heterocycles. The van der Waals surface area contributed by atoms with Crippen LogP contribution in [0.3, 0.4) is 0 Å². The van der Waals surface area contributed by atoms with E-state index in [1.165, 1.54) is 0 Å². The van der Waals surface area contributed by atoms with E-state index in [4.69, 9.17) is 4.74 Å². The first-order valence-electron chi connectivity index (χ1n) is 8.66. The maximum atomic E-state index is 11.8. The highest BCUT2D eigenvalue weighted by atomic mass is 127. The van der Waals surface area contributed by atoms with E-state index in [0.717, 1.165) is 24.5 Å². The lowest BCUT2D eigenvalue weighted by molar-refractivity contribution is -0.131. The highest BCUT2D eigenvalue weighted by Gasteiger charge is 2.16. The number of nitrogens with one attached hydrogen (secondary N) is 1. The number of aliphatic carboxylic acids is 1. The van der Waals surface area contributed by atoms with E-state index in [1.807, 2.05) is 49.4 Å². The predicted molar refractivity (Wildman–Crippen MR) is 130 cm³/mol. The fourth-order valence-corrected chi connectivity index (χ4v) is 5.19. The van der Waals surface area contributed by atoms with Crippen LogP contribution in [0.4, 0.5) is 0 Å². The van der Waals surface area contributed by atoms with Crippen LogP contribution in [-0.4, -0.2) is 26.3 Å². The van der Waals surface area contributed by atoms with E-state index in [2.05, 4.69) is 60.4 Å². The molecule has 0 atom stereocenters. The Kier molecular flexibility index (Phi) is 7.95. The molecule has 0 saturated heterocycles. The lowest BCUT2D eigenvalue weighted by Crippen LogP contribution is -2.01. The molecule has 0 radical (unpaired) electrons. The summed E-state index contributed by atoms with van der Waals surface area (Å²) < 4.78 is 7.97. The largest absolute Gasteiger partial charge is 0.487 e. The summed E-state index contributed by atoms with van der Waals surface area (Å²) in [4.78, 5) is 16.2. The van der Waals surface area contributed by atoms with Crippen molar-refractivity contribution in [2.75, 3.05) is 0 Å². The summed E-state index contributed by atoms with van der Waals surface area (Å²) in [7, 11) is 0. The third kappa shape index (κ3) is 6.19. The molecule has 0 spiro atoms. The van der Waals surface area contributed by atoms with Gasteiger partial charge in [0.05, 0.1) is 3.57 Å². The minimum absolute atomic E-state index is 0.119. The number of aromatic amines is 1. The smallest absolute Gasteiger partial charge is 0.342 e. The van der Waals surface area contributed by atoms with Gasteiger partial charge in [-0.05, 0) is 80.7 Å². The molecular formula is C20H17I2N3O3S. The monoisotopic (exact) mass is 633 g/mol. The van der Waals surface area contributed by atoms with Crippen LogP contribution in [0.2, 0.25) is 0 Å². The number of benzene rings is 2. The summed E-state index contributed by atoms with van der Waals surface area (Å²) in [6.45, 7) is 2.35. The van der Waals surface area contributed by atoms with Crippen molar-refractivity contribution in [1.82, 2.24) is 15.2 Å². The molecule has 2 N–H and O–H groups in total. The molecule has 29 heavy (non-hydrogen) atoms. The Morgan fingerprint density at radius 2 is 2.03 bits per heavy atom. The Morgan fingerprint density at radius 1 is 1.28 bits per heavy atom. The Labute approximate surface area is 199 Å². The number of aromatic nitrogens is 3. The number of nitrogens with zero attached hydrogens (tertiary/aromatic N) is 2. The number of H-pyrrole nitrogens is 1. The number of ether oxygens (including phenoxy) is 1. The van der Waals surface area contributed by atoms with Crippen molar-refractivity contribution < 1.29 is 14.6 Å². The second-order valence-corrected chi connectivity index (χ2v) is 9.33. The number of thioether (sulfide) groups is 1. The van der Waals surface area contributed by atoms with Crippen molar-refractivity contribution in [1.29, 1.82) is 0 Å². The number of halogens is 2. The Balaban J connectivity index is 1.92. The molecule has 1 aromatic heterocycles. The maximum Gasteiger partial charge on any atom is 0.342 e. The van der Waals surface area contributed by atoms with Gasteiger partial charge in [-0.1, -0.05) is 37.3 Å². The van der Waals surface area contributed by atoms with E-state index >= 15 is 0 Å². The van der Waals surface area contributed by atoms with Crippen LogP contribution in [0, 0.1) is 7.14 Å². The van der Waals surface area contributed by atoms with Crippen molar-refractivity contribution in [3.8, 4) is 5.75 Å². The van der Waals surface area contributed by atoms with Crippen molar-refractivity contribution in [2.24, 2.45) is 0 Å². The van der Waals surface area contributed by atoms with E-state index in [1.54, 1.807) is 6.08 Å². The molecule has 6 nitrogen and oxygen atoms in total. The molecule has 9 heteroatoms. The van der Waals surface area contributed by atoms with Gasteiger partial charge in [0, 0.05) is 15.6 Å². The molecule has 150 valence electrons. The molecular weight excluding hydrogens is 616 g/mol. The minimum Gasteiger partial charge on any atom is -0.487 e. The van der Waals surface area contributed by atoms with Gasteiger partial charge in [-0.2, -0.15) is 0 Å². The lowest BCUT2D eigenvalue weighted by Gasteiger charge is -2.13. The molecule has 0 amide bonds. The molecule has 2 aromatic carbocycles. The standard InChI is InChI=1S/C20H17I2N3O3S/c1-2-17-23-20(25-24-17)29-16(19(26)27)9-13-8-14(21)10-15(22)18(13)28-11-12-6-4-3-5-7-12/h3-10H,2,11H2,1H3,(H,26,27)(H,23,24,25)/b16-9-. The van der Waals surface area contributed by atoms with Crippen LogP contribution in [-0.2, 0) is 17.8 Å². The van der Waals surface area contributed by atoms with Crippen LogP contribution < -0.4 is 4.74 Å². The molecule has 0 aliphatic rings. The average Bonchev–Trinajstić information content (AvgIpc) is 3.15.